The number of ether oxygens (including phenoxy) is 3. The third-order valence-electron chi connectivity index (χ3n) is 3.99. The molecule has 17 heavy (non-hydrogen) atoms. The molecule has 2 fully saturated rings. The lowest BCUT2D eigenvalue weighted by Gasteiger charge is -2.36. The van der Waals surface area contributed by atoms with Crippen molar-refractivity contribution >= 4 is 12.6 Å². The summed E-state index contributed by atoms with van der Waals surface area (Å²) in [6.45, 7) is 5.26. The fourth-order valence-corrected chi connectivity index (χ4v) is 2.92. The molecule has 0 amide bonds. The van der Waals surface area contributed by atoms with Crippen LogP contribution in [0.4, 0.5) is 0 Å². The molecule has 4 heteroatoms. The lowest BCUT2D eigenvalue weighted by Crippen LogP contribution is -2.36. The van der Waals surface area contributed by atoms with Gasteiger partial charge in [-0.15, -0.1) is 0 Å². The van der Waals surface area contributed by atoms with Crippen LogP contribution in [0.5, 0.6) is 0 Å². The van der Waals surface area contributed by atoms with E-state index in [-0.39, 0.29) is 5.41 Å². The summed E-state index contributed by atoms with van der Waals surface area (Å²) < 4.78 is 16.7. The normalized spacial score (nSPS) is 25.9. The molecule has 0 spiro atoms. The van der Waals surface area contributed by atoms with Gasteiger partial charge in [-0.3, -0.25) is 0 Å². The molecule has 0 aliphatic carbocycles. The van der Waals surface area contributed by atoms with Gasteiger partial charge in [-0.1, -0.05) is 0 Å². The third kappa shape index (κ3) is 4.12. The topological polar surface area (TPSA) is 27.7 Å². The van der Waals surface area contributed by atoms with E-state index in [1.54, 1.807) is 0 Å². The minimum atomic E-state index is 0.256. The molecule has 0 radical (unpaired) electrons. The zero-order valence-electron chi connectivity index (χ0n) is 10.5. The van der Waals surface area contributed by atoms with Crippen molar-refractivity contribution in [3.05, 3.63) is 0 Å². The zero-order chi connectivity index (χ0) is 12.0. The van der Waals surface area contributed by atoms with E-state index in [0.29, 0.717) is 5.92 Å². The molecular weight excluding hydrogens is 236 g/mol. The van der Waals surface area contributed by atoms with Gasteiger partial charge in [-0.05, 0) is 37.4 Å². The first-order valence-electron chi connectivity index (χ1n) is 6.69. The predicted molar refractivity (Wildman–Crippen MR) is 70.7 cm³/mol. The Balaban J connectivity index is 1.68. The van der Waals surface area contributed by atoms with Crippen molar-refractivity contribution in [2.45, 2.75) is 25.7 Å². The van der Waals surface area contributed by atoms with E-state index in [1.165, 1.54) is 0 Å². The second-order valence-corrected chi connectivity index (χ2v) is 5.66. The smallest absolute Gasteiger partial charge is 0.0532 e. The Labute approximate surface area is 110 Å². The molecule has 2 heterocycles. The van der Waals surface area contributed by atoms with E-state index in [1.807, 2.05) is 0 Å². The minimum absolute atomic E-state index is 0.256. The van der Waals surface area contributed by atoms with Gasteiger partial charge < -0.3 is 14.2 Å². The SMILES string of the molecule is SCC1(COCC2CCOCC2)CCOCC1. The van der Waals surface area contributed by atoms with Gasteiger partial charge in [0.05, 0.1) is 6.61 Å². The zero-order valence-corrected chi connectivity index (χ0v) is 11.4. The van der Waals surface area contributed by atoms with Crippen molar-refractivity contribution < 1.29 is 14.2 Å². The van der Waals surface area contributed by atoms with Gasteiger partial charge >= 0.3 is 0 Å². The van der Waals surface area contributed by atoms with Crippen LogP contribution in [-0.4, -0.2) is 45.4 Å². The molecule has 0 saturated carbocycles. The molecule has 0 N–H and O–H groups in total. The van der Waals surface area contributed by atoms with E-state index in [2.05, 4.69) is 12.6 Å². The highest BCUT2D eigenvalue weighted by molar-refractivity contribution is 7.80. The Morgan fingerprint density at radius 2 is 1.71 bits per heavy atom. The van der Waals surface area contributed by atoms with E-state index < -0.39 is 0 Å². The molecule has 0 unspecified atom stereocenters. The number of thiol groups is 1. The lowest BCUT2D eigenvalue weighted by atomic mass is 9.83. The van der Waals surface area contributed by atoms with Crippen LogP contribution in [0.1, 0.15) is 25.7 Å². The van der Waals surface area contributed by atoms with Crippen LogP contribution in [0.2, 0.25) is 0 Å². The first-order chi connectivity index (χ1) is 8.35. The summed E-state index contributed by atoms with van der Waals surface area (Å²) in [7, 11) is 0. The van der Waals surface area contributed by atoms with Crippen molar-refractivity contribution in [3.8, 4) is 0 Å². The minimum Gasteiger partial charge on any atom is -0.381 e. The summed E-state index contributed by atoms with van der Waals surface area (Å²) in [6, 6.07) is 0. The molecule has 2 aliphatic rings. The monoisotopic (exact) mass is 260 g/mol. The molecule has 2 saturated heterocycles. The Bertz CT molecular complexity index is 211. The summed E-state index contributed by atoms with van der Waals surface area (Å²) in [4.78, 5) is 0. The van der Waals surface area contributed by atoms with Gasteiger partial charge in [0.15, 0.2) is 0 Å². The summed E-state index contributed by atoms with van der Waals surface area (Å²) in [5.74, 6) is 1.60. The Morgan fingerprint density at radius 3 is 2.35 bits per heavy atom. The predicted octanol–water partition coefficient (Wildman–Crippen LogP) is 2.16. The van der Waals surface area contributed by atoms with Crippen LogP contribution in [0.15, 0.2) is 0 Å². The fourth-order valence-electron chi connectivity index (χ4n) is 2.51. The highest BCUT2D eigenvalue weighted by Gasteiger charge is 2.31. The quantitative estimate of drug-likeness (QED) is 0.768. The summed E-state index contributed by atoms with van der Waals surface area (Å²) in [6.07, 6.45) is 4.47. The summed E-state index contributed by atoms with van der Waals surface area (Å²) >= 11 is 4.49. The average molecular weight is 260 g/mol. The van der Waals surface area contributed by atoms with E-state index in [9.17, 15) is 0 Å². The van der Waals surface area contributed by atoms with Gasteiger partial charge in [-0.25, -0.2) is 0 Å². The highest BCUT2D eigenvalue weighted by Crippen LogP contribution is 2.32. The van der Waals surface area contributed by atoms with Crippen molar-refractivity contribution in [3.63, 3.8) is 0 Å². The maximum atomic E-state index is 5.95. The molecule has 100 valence electrons. The highest BCUT2D eigenvalue weighted by atomic mass is 32.1. The van der Waals surface area contributed by atoms with Crippen molar-refractivity contribution in [2.24, 2.45) is 11.3 Å². The van der Waals surface area contributed by atoms with Crippen molar-refractivity contribution in [1.29, 1.82) is 0 Å². The second-order valence-electron chi connectivity index (χ2n) is 5.34. The average Bonchev–Trinajstić information content (AvgIpc) is 2.41. The van der Waals surface area contributed by atoms with Gasteiger partial charge in [0, 0.05) is 38.4 Å². The molecule has 0 atom stereocenters. The fraction of sp³-hybridized carbons (Fsp3) is 1.00. The second kappa shape index (κ2) is 6.98. The number of rotatable bonds is 5. The van der Waals surface area contributed by atoms with Crippen LogP contribution in [0, 0.1) is 11.3 Å². The van der Waals surface area contributed by atoms with Gasteiger partial charge in [0.1, 0.15) is 0 Å². The lowest BCUT2D eigenvalue weighted by molar-refractivity contribution is -0.0446. The first kappa shape index (κ1) is 13.7. The maximum Gasteiger partial charge on any atom is 0.0532 e. The Kier molecular flexibility index (Phi) is 5.60. The Hall–Kier alpha value is 0.230. The maximum absolute atomic E-state index is 5.95. The number of hydrogen-bond acceptors (Lipinski definition) is 4. The van der Waals surface area contributed by atoms with E-state index in [4.69, 9.17) is 14.2 Å². The van der Waals surface area contributed by atoms with Gasteiger partial charge in [0.2, 0.25) is 0 Å². The molecule has 2 rings (SSSR count). The molecule has 0 aromatic rings. The standard InChI is InChI=1S/C13H24O3S/c17-11-13(3-7-15-8-4-13)10-16-9-12-1-5-14-6-2-12/h12,17H,1-11H2. The van der Waals surface area contributed by atoms with Crippen molar-refractivity contribution in [2.75, 3.05) is 45.4 Å². The Morgan fingerprint density at radius 1 is 1.06 bits per heavy atom. The first-order valence-corrected chi connectivity index (χ1v) is 7.32. The van der Waals surface area contributed by atoms with Crippen LogP contribution >= 0.6 is 12.6 Å². The van der Waals surface area contributed by atoms with Crippen LogP contribution < -0.4 is 0 Å². The largest absolute Gasteiger partial charge is 0.381 e. The molecule has 0 aromatic carbocycles. The molecule has 0 aromatic heterocycles. The number of hydrogen-bond donors (Lipinski definition) is 1. The van der Waals surface area contributed by atoms with Crippen molar-refractivity contribution in [1.82, 2.24) is 0 Å². The molecular formula is C13H24O3S. The third-order valence-corrected chi connectivity index (χ3v) is 4.66. The van der Waals surface area contributed by atoms with Crippen LogP contribution in [-0.2, 0) is 14.2 Å². The molecule has 3 nitrogen and oxygen atoms in total. The summed E-state index contributed by atoms with van der Waals surface area (Å²) in [5, 5.41) is 0. The van der Waals surface area contributed by atoms with Gasteiger partial charge in [-0.2, -0.15) is 12.6 Å². The van der Waals surface area contributed by atoms with E-state index >= 15 is 0 Å². The molecule has 2 aliphatic heterocycles. The molecule has 0 bridgehead atoms. The summed E-state index contributed by atoms with van der Waals surface area (Å²) in [5.41, 5.74) is 0.256. The van der Waals surface area contributed by atoms with Gasteiger partial charge in [0.25, 0.3) is 0 Å². The van der Waals surface area contributed by atoms with Crippen LogP contribution in [0.3, 0.4) is 0 Å². The van der Waals surface area contributed by atoms with Crippen LogP contribution in [0.25, 0.3) is 0 Å². The van der Waals surface area contributed by atoms with E-state index in [0.717, 1.165) is 71.1 Å².